The quantitative estimate of drug-likeness (QED) is 0.685. The third-order valence-electron chi connectivity index (χ3n) is 5.35. The number of nitrogens with zero attached hydrogens (tertiary/aromatic N) is 1. The number of carbonyl (C=O) groups is 1. The lowest BCUT2D eigenvalue weighted by Crippen LogP contribution is -2.41. The number of rotatable bonds is 8. The van der Waals surface area contributed by atoms with Crippen molar-refractivity contribution in [2.45, 2.75) is 52.0 Å². The highest BCUT2D eigenvalue weighted by molar-refractivity contribution is 7.10. The van der Waals surface area contributed by atoms with Gasteiger partial charge in [0, 0.05) is 11.4 Å². The van der Waals surface area contributed by atoms with E-state index in [2.05, 4.69) is 53.7 Å². The number of amides is 1. The summed E-state index contributed by atoms with van der Waals surface area (Å²) in [5.41, 5.74) is 2.28. The Balaban J connectivity index is 1.57. The van der Waals surface area contributed by atoms with Gasteiger partial charge < -0.3 is 10.1 Å². The summed E-state index contributed by atoms with van der Waals surface area (Å²) in [6.07, 6.45) is 3.79. The number of aryl methyl sites for hydroxylation is 1. The van der Waals surface area contributed by atoms with Crippen LogP contribution in [0.25, 0.3) is 0 Å². The van der Waals surface area contributed by atoms with Gasteiger partial charge >= 0.3 is 0 Å². The molecular weight excluding hydrogens is 368 g/mol. The molecule has 1 aliphatic rings. The highest BCUT2D eigenvalue weighted by Crippen LogP contribution is 2.28. The van der Waals surface area contributed by atoms with E-state index in [1.165, 1.54) is 24.1 Å². The monoisotopic (exact) mass is 400 g/mol. The molecular formula is C23H32N2O2S. The first-order valence-corrected chi connectivity index (χ1v) is 11.2. The molecule has 1 atom stereocenters. The number of nitrogens with one attached hydrogen (secondary N) is 1. The molecule has 0 saturated carbocycles. The van der Waals surface area contributed by atoms with E-state index >= 15 is 0 Å². The third kappa shape index (κ3) is 5.58. The van der Waals surface area contributed by atoms with Gasteiger partial charge in [-0.1, -0.05) is 38.5 Å². The van der Waals surface area contributed by atoms with E-state index < -0.39 is 0 Å². The highest BCUT2D eigenvalue weighted by atomic mass is 32.1. The summed E-state index contributed by atoms with van der Waals surface area (Å²) in [5.74, 6) is 1.12. The fourth-order valence-electron chi connectivity index (χ4n) is 3.77. The lowest BCUT2D eigenvalue weighted by Gasteiger charge is -2.34. The topological polar surface area (TPSA) is 41.6 Å². The number of piperidine rings is 1. The van der Waals surface area contributed by atoms with Gasteiger partial charge in [-0.2, -0.15) is 0 Å². The van der Waals surface area contributed by atoms with Gasteiger partial charge in [0.15, 0.2) is 6.61 Å². The van der Waals surface area contributed by atoms with Crippen molar-refractivity contribution in [1.82, 2.24) is 10.2 Å². The summed E-state index contributed by atoms with van der Waals surface area (Å²) >= 11 is 1.77. The minimum Gasteiger partial charge on any atom is -0.483 e. The van der Waals surface area contributed by atoms with Crippen LogP contribution in [0.4, 0.5) is 0 Å². The van der Waals surface area contributed by atoms with E-state index in [1.54, 1.807) is 11.3 Å². The van der Waals surface area contributed by atoms with Crippen LogP contribution in [0.5, 0.6) is 5.75 Å². The summed E-state index contributed by atoms with van der Waals surface area (Å²) < 4.78 is 5.89. The third-order valence-corrected chi connectivity index (χ3v) is 6.32. The van der Waals surface area contributed by atoms with Crippen molar-refractivity contribution in [1.29, 1.82) is 0 Å². The maximum absolute atomic E-state index is 12.5. The lowest BCUT2D eigenvalue weighted by atomic mass is 10.0. The normalized spacial score (nSPS) is 16.1. The van der Waals surface area contributed by atoms with Gasteiger partial charge in [0.1, 0.15) is 5.75 Å². The van der Waals surface area contributed by atoms with Crippen LogP contribution in [-0.2, 0) is 4.79 Å². The number of carbonyl (C=O) groups excluding carboxylic acids is 1. The number of thiophene rings is 1. The Hall–Kier alpha value is -1.85. The molecule has 2 heterocycles. The zero-order valence-electron chi connectivity index (χ0n) is 17.2. The van der Waals surface area contributed by atoms with E-state index in [1.807, 2.05) is 13.0 Å². The number of benzene rings is 1. The molecule has 1 unspecified atom stereocenters. The first-order chi connectivity index (χ1) is 13.5. The summed E-state index contributed by atoms with van der Waals surface area (Å²) in [5, 5.41) is 5.22. The first kappa shape index (κ1) is 20.9. The average molecular weight is 401 g/mol. The number of likely N-dealkylation sites (tertiary alicyclic amines) is 1. The van der Waals surface area contributed by atoms with E-state index in [9.17, 15) is 4.79 Å². The molecule has 0 radical (unpaired) electrons. The molecule has 1 aromatic heterocycles. The second-order valence-electron chi connectivity index (χ2n) is 7.92. The summed E-state index contributed by atoms with van der Waals surface area (Å²) in [6.45, 7) is 9.23. The summed E-state index contributed by atoms with van der Waals surface area (Å²) in [4.78, 5) is 16.3. The predicted octanol–water partition coefficient (Wildman–Crippen LogP) is 4.90. The molecule has 1 aliphatic heterocycles. The van der Waals surface area contributed by atoms with E-state index in [4.69, 9.17) is 4.74 Å². The largest absolute Gasteiger partial charge is 0.483 e. The van der Waals surface area contributed by atoms with Crippen LogP contribution in [0.1, 0.15) is 61.1 Å². The van der Waals surface area contributed by atoms with Crippen molar-refractivity contribution in [3.8, 4) is 5.75 Å². The number of hydrogen-bond donors (Lipinski definition) is 1. The Kier molecular flexibility index (Phi) is 7.51. The van der Waals surface area contributed by atoms with Crippen LogP contribution in [0.3, 0.4) is 0 Å². The second-order valence-corrected chi connectivity index (χ2v) is 8.90. The molecule has 2 aromatic rings. The molecule has 152 valence electrons. The van der Waals surface area contributed by atoms with Gasteiger partial charge in [-0.25, -0.2) is 0 Å². The van der Waals surface area contributed by atoms with Gasteiger partial charge in [-0.3, -0.25) is 9.69 Å². The molecule has 3 rings (SSSR count). The molecule has 1 saturated heterocycles. The standard InChI is InChI=1S/C23H32N2O2S/c1-17(2)19-10-9-18(3)14-21(19)27-16-23(26)24-15-20(22-8-7-13-28-22)25-11-5-4-6-12-25/h7-10,13-14,17,20H,4-6,11-12,15-16H2,1-3H3,(H,24,26). The minimum absolute atomic E-state index is 0.0559. The van der Waals surface area contributed by atoms with Crippen LogP contribution >= 0.6 is 11.3 Å². The van der Waals surface area contributed by atoms with Crippen molar-refractivity contribution in [2.75, 3.05) is 26.2 Å². The van der Waals surface area contributed by atoms with Crippen LogP contribution < -0.4 is 10.1 Å². The first-order valence-electron chi connectivity index (χ1n) is 10.3. The molecule has 0 bridgehead atoms. The van der Waals surface area contributed by atoms with E-state index in [0.717, 1.165) is 30.0 Å². The number of ether oxygens (including phenoxy) is 1. The van der Waals surface area contributed by atoms with Gasteiger partial charge in [0.05, 0.1) is 6.04 Å². The maximum atomic E-state index is 12.5. The molecule has 4 nitrogen and oxygen atoms in total. The van der Waals surface area contributed by atoms with Crippen LogP contribution in [0.2, 0.25) is 0 Å². The SMILES string of the molecule is Cc1ccc(C(C)C)c(OCC(=O)NCC(c2cccs2)N2CCCCC2)c1. The molecule has 28 heavy (non-hydrogen) atoms. The fourth-order valence-corrected chi connectivity index (χ4v) is 4.63. The van der Waals surface area contributed by atoms with Crippen molar-refractivity contribution in [2.24, 2.45) is 0 Å². The average Bonchev–Trinajstić information content (AvgIpc) is 3.21. The van der Waals surface area contributed by atoms with Crippen molar-refractivity contribution < 1.29 is 9.53 Å². The van der Waals surface area contributed by atoms with Crippen molar-refractivity contribution in [3.05, 3.63) is 51.7 Å². The second kappa shape index (κ2) is 10.1. The highest BCUT2D eigenvalue weighted by Gasteiger charge is 2.23. The fraction of sp³-hybridized carbons (Fsp3) is 0.522. The molecule has 5 heteroatoms. The minimum atomic E-state index is -0.0604. The molecule has 1 aromatic carbocycles. The van der Waals surface area contributed by atoms with Crippen LogP contribution in [-0.4, -0.2) is 37.0 Å². The molecule has 1 N–H and O–H groups in total. The van der Waals surface area contributed by atoms with Crippen LogP contribution in [0, 0.1) is 6.92 Å². The Morgan fingerprint density at radius 2 is 2.00 bits per heavy atom. The number of hydrogen-bond acceptors (Lipinski definition) is 4. The Morgan fingerprint density at radius 1 is 1.21 bits per heavy atom. The Labute approximate surface area is 172 Å². The maximum Gasteiger partial charge on any atom is 0.258 e. The molecule has 0 aliphatic carbocycles. The zero-order valence-corrected chi connectivity index (χ0v) is 18.1. The predicted molar refractivity (Wildman–Crippen MR) is 116 cm³/mol. The Bertz CT molecular complexity index is 752. The van der Waals surface area contributed by atoms with Gasteiger partial charge in [-0.15, -0.1) is 11.3 Å². The van der Waals surface area contributed by atoms with Crippen molar-refractivity contribution in [3.63, 3.8) is 0 Å². The molecule has 0 spiro atoms. The van der Waals surface area contributed by atoms with Gasteiger partial charge in [-0.05, 0) is 67.4 Å². The lowest BCUT2D eigenvalue weighted by molar-refractivity contribution is -0.123. The van der Waals surface area contributed by atoms with Gasteiger partial charge in [0.25, 0.3) is 5.91 Å². The summed E-state index contributed by atoms with van der Waals surface area (Å²) in [6, 6.07) is 10.7. The smallest absolute Gasteiger partial charge is 0.258 e. The van der Waals surface area contributed by atoms with Gasteiger partial charge in [0.2, 0.25) is 0 Å². The van der Waals surface area contributed by atoms with E-state index in [0.29, 0.717) is 12.5 Å². The molecule has 1 fully saturated rings. The van der Waals surface area contributed by atoms with Crippen molar-refractivity contribution >= 4 is 17.2 Å². The zero-order chi connectivity index (χ0) is 19.9. The summed E-state index contributed by atoms with van der Waals surface area (Å²) in [7, 11) is 0. The van der Waals surface area contributed by atoms with Crippen LogP contribution in [0.15, 0.2) is 35.7 Å². The van der Waals surface area contributed by atoms with E-state index in [-0.39, 0.29) is 18.6 Å². The molecule has 1 amide bonds. The Morgan fingerprint density at radius 3 is 2.68 bits per heavy atom.